The average molecular weight is 606 g/mol. The van der Waals surface area contributed by atoms with E-state index in [0.717, 1.165) is 37.9 Å². The van der Waals surface area contributed by atoms with Gasteiger partial charge in [-0.1, -0.05) is 127 Å². The molecular formula is C34H52ClNO4S. The first-order valence-electron chi connectivity index (χ1n) is 15.8. The SMILES string of the molecule is CCCCCCCCCCCCCCCCCC(=O)O.COC(=O)[C@@H](c1ccccc1Cl)N1CCc2sccc2C1. The summed E-state index contributed by atoms with van der Waals surface area (Å²) in [6.07, 6.45) is 21.2. The molecule has 41 heavy (non-hydrogen) atoms. The average Bonchev–Trinajstić information content (AvgIpc) is 3.44. The van der Waals surface area contributed by atoms with Gasteiger partial charge in [-0.25, -0.2) is 4.79 Å². The van der Waals surface area contributed by atoms with E-state index in [1.165, 1.54) is 101 Å². The van der Waals surface area contributed by atoms with Crippen molar-refractivity contribution in [2.24, 2.45) is 0 Å². The molecule has 7 heteroatoms. The molecule has 230 valence electrons. The number of thiophene rings is 1. The lowest BCUT2D eigenvalue weighted by Gasteiger charge is -2.33. The highest BCUT2D eigenvalue weighted by Crippen LogP contribution is 2.34. The highest BCUT2D eigenvalue weighted by atomic mass is 35.5. The molecule has 0 fully saturated rings. The summed E-state index contributed by atoms with van der Waals surface area (Å²) in [6.45, 7) is 3.86. The molecule has 3 rings (SSSR count). The second kappa shape index (κ2) is 21.8. The van der Waals surface area contributed by atoms with Crippen LogP contribution in [0, 0.1) is 0 Å². The lowest BCUT2D eigenvalue weighted by atomic mass is 10.0. The van der Waals surface area contributed by atoms with Crippen LogP contribution in [0.3, 0.4) is 0 Å². The summed E-state index contributed by atoms with van der Waals surface area (Å²) in [5.74, 6) is -0.915. The minimum absolute atomic E-state index is 0.262. The van der Waals surface area contributed by atoms with Gasteiger partial charge in [0.15, 0.2) is 0 Å². The van der Waals surface area contributed by atoms with Crippen LogP contribution in [0.15, 0.2) is 35.7 Å². The molecule has 1 N–H and O–H groups in total. The third-order valence-electron chi connectivity index (χ3n) is 7.82. The number of hydrogen-bond acceptors (Lipinski definition) is 5. The Morgan fingerprint density at radius 3 is 2.00 bits per heavy atom. The molecule has 1 aliphatic heterocycles. The van der Waals surface area contributed by atoms with E-state index < -0.39 is 12.0 Å². The van der Waals surface area contributed by atoms with Crippen molar-refractivity contribution in [2.75, 3.05) is 13.7 Å². The highest BCUT2D eigenvalue weighted by Gasteiger charge is 2.32. The van der Waals surface area contributed by atoms with Gasteiger partial charge in [-0.3, -0.25) is 9.69 Å². The second-order valence-corrected chi connectivity index (χ2v) is 12.5. The van der Waals surface area contributed by atoms with Gasteiger partial charge in [-0.15, -0.1) is 11.3 Å². The van der Waals surface area contributed by atoms with Gasteiger partial charge in [0.1, 0.15) is 6.04 Å². The summed E-state index contributed by atoms with van der Waals surface area (Å²) in [7, 11) is 1.42. The predicted molar refractivity (Wildman–Crippen MR) is 172 cm³/mol. The summed E-state index contributed by atoms with van der Waals surface area (Å²) >= 11 is 8.07. The Hall–Kier alpha value is -1.89. The second-order valence-electron chi connectivity index (χ2n) is 11.1. The topological polar surface area (TPSA) is 66.8 Å². The van der Waals surface area contributed by atoms with Crippen molar-refractivity contribution in [3.8, 4) is 0 Å². The third-order valence-corrected chi connectivity index (χ3v) is 9.19. The molecule has 0 radical (unpaired) electrons. The van der Waals surface area contributed by atoms with Gasteiger partial charge in [0, 0.05) is 29.4 Å². The standard InChI is InChI=1S/C18H36O2.C16H16ClNO2S/c1-2-3-4-5-6-7-8-9-10-11-12-13-14-15-16-17-18(19)20;1-20-16(19)15(12-4-2-3-5-13(12)17)18-8-6-14-11(10-18)7-9-21-14/h2-17H2,1H3,(H,19,20);2-5,7,9,15H,6,8,10H2,1H3/t;15-/m.1/s1. The maximum absolute atomic E-state index is 12.3. The molecule has 0 bridgehead atoms. The van der Waals surface area contributed by atoms with Gasteiger partial charge in [0.2, 0.25) is 0 Å². The molecule has 5 nitrogen and oxygen atoms in total. The number of esters is 1. The van der Waals surface area contributed by atoms with Crippen molar-refractivity contribution in [3.05, 3.63) is 56.7 Å². The molecule has 0 amide bonds. The fourth-order valence-electron chi connectivity index (χ4n) is 5.42. The van der Waals surface area contributed by atoms with Gasteiger partial charge in [0.25, 0.3) is 0 Å². The number of hydrogen-bond donors (Lipinski definition) is 1. The molecule has 0 aliphatic carbocycles. The van der Waals surface area contributed by atoms with Crippen LogP contribution in [-0.4, -0.2) is 35.6 Å². The van der Waals surface area contributed by atoms with E-state index in [1.54, 1.807) is 11.3 Å². The maximum Gasteiger partial charge on any atom is 0.327 e. The van der Waals surface area contributed by atoms with E-state index >= 15 is 0 Å². The van der Waals surface area contributed by atoms with Gasteiger partial charge in [0.05, 0.1) is 7.11 Å². The smallest absolute Gasteiger partial charge is 0.327 e. The van der Waals surface area contributed by atoms with Gasteiger partial charge < -0.3 is 9.84 Å². The molecule has 0 saturated heterocycles. The third kappa shape index (κ3) is 14.2. The van der Waals surface area contributed by atoms with Gasteiger partial charge in [-0.05, 0) is 41.5 Å². The Kier molecular flexibility index (Phi) is 18.7. The Morgan fingerprint density at radius 2 is 1.46 bits per heavy atom. The number of methoxy groups -OCH3 is 1. The van der Waals surface area contributed by atoms with E-state index in [2.05, 4.69) is 23.3 Å². The van der Waals surface area contributed by atoms with Crippen molar-refractivity contribution in [1.82, 2.24) is 4.90 Å². The quantitative estimate of drug-likeness (QED) is 0.127. The van der Waals surface area contributed by atoms with Crippen molar-refractivity contribution >= 4 is 34.9 Å². The number of halogens is 1. The largest absolute Gasteiger partial charge is 0.481 e. The normalized spacial score (nSPS) is 13.6. The number of fused-ring (bicyclic) bond motifs is 1. The number of benzene rings is 1. The monoisotopic (exact) mass is 605 g/mol. The molecule has 1 atom stereocenters. The maximum atomic E-state index is 12.3. The molecule has 1 aliphatic rings. The van der Waals surface area contributed by atoms with Crippen LogP contribution in [-0.2, 0) is 27.3 Å². The number of rotatable bonds is 19. The summed E-state index contributed by atoms with van der Waals surface area (Å²) < 4.78 is 5.01. The molecule has 0 spiro atoms. The number of carbonyl (C=O) groups excluding carboxylic acids is 1. The minimum atomic E-state index is -0.653. The van der Waals surface area contributed by atoms with E-state index in [0.29, 0.717) is 11.4 Å². The Bertz CT molecular complexity index is 995. The summed E-state index contributed by atoms with van der Waals surface area (Å²) in [4.78, 5) is 26.2. The number of aliphatic carboxylic acids is 1. The molecule has 2 heterocycles. The summed E-state index contributed by atoms with van der Waals surface area (Å²) in [5.41, 5.74) is 2.11. The lowest BCUT2D eigenvalue weighted by Crippen LogP contribution is -2.38. The Labute approximate surface area is 257 Å². The van der Waals surface area contributed by atoms with E-state index in [-0.39, 0.29) is 5.97 Å². The zero-order valence-corrected chi connectivity index (χ0v) is 27.0. The van der Waals surface area contributed by atoms with Crippen LogP contribution in [0.5, 0.6) is 0 Å². The fourth-order valence-corrected chi connectivity index (χ4v) is 6.55. The zero-order valence-electron chi connectivity index (χ0n) is 25.4. The van der Waals surface area contributed by atoms with Gasteiger partial charge in [-0.2, -0.15) is 0 Å². The van der Waals surface area contributed by atoms with Crippen molar-refractivity contribution < 1.29 is 19.4 Å². The first-order valence-corrected chi connectivity index (χ1v) is 17.1. The van der Waals surface area contributed by atoms with Gasteiger partial charge >= 0.3 is 11.9 Å². The van der Waals surface area contributed by atoms with E-state index in [4.69, 9.17) is 21.4 Å². The van der Waals surface area contributed by atoms with Crippen LogP contribution < -0.4 is 0 Å². The minimum Gasteiger partial charge on any atom is -0.481 e. The Balaban J connectivity index is 0.000000288. The van der Waals surface area contributed by atoms with Crippen molar-refractivity contribution in [3.63, 3.8) is 0 Å². The molecule has 0 unspecified atom stereocenters. The predicted octanol–water partition coefficient (Wildman–Crippen LogP) is 10.0. The van der Waals surface area contributed by atoms with E-state index in [1.807, 2.05) is 24.3 Å². The number of carboxylic acid groups (broad SMARTS) is 1. The molecule has 2 aromatic rings. The van der Waals surface area contributed by atoms with Crippen LogP contribution in [0.4, 0.5) is 0 Å². The number of unbranched alkanes of at least 4 members (excludes halogenated alkanes) is 14. The van der Waals surface area contributed by atoms with Crippen LogP contribution >= 0.6 is 22.9 Å². The number of carboxylic acids is 1. The lowest BCUT2D eigenvalue weighted by molar-refractivity contribution is -0.147. The number of carbonyl (C=O) groups is 2. The van der Waals surface area contributed by atoms with Crippen LogP contribution in [0.1, 0.15) is 132 Å². The van der Waals surface area contributed by atoms with Crippen LogP contribution in [0.2, 0.25) is 5.02 Å². The highest BCUT2D eigenvalue weighted by molar-refractivity contribution is 7.10. The van der Waals surface area contributed by atoms with E-state index in [9.17, 15) is 9.59 Å². The summed E-state index contributed by atoms with van der Waals surface area (Å²) in [6, 6.07) is 9.16. The summed E-state index contributed by atoms with van der Waals surface area (Å²) in [5, 5.41) is 11.2. The van der Waals surface area contributed by atoms with Crippen molar-refractivity contribution in [1.29, 1.82) is 0 Å². The van der Waals surface area contributed by atoms with Crippen LogP contribution in [0.25, 0.3) is 0 Å². The molecule has 0 saturated carbocycles. The first kappa shape index (κ1) is 35.3. The molecular weight excluding hydrogens is 554 g/mol. The zero-order chi connectivity index (χ0) is 29.7. The Morgan fingerprint density at radius 1 is 0.902 bits per heavy atom. The first-order chi connectivity index (χ1) is 20.0. The fraction of sp³-hybridized carbons (Fsp3) is 0.647. The van der Waals surface area contributed by atoms with Crippen molar-refractivity contribution in [2.45, 2.75) is 129 Å². The number of nitrogens with zero attached hydrogens (tertiary/aromatic N) is 1. The molecule has 1 aromatic carbocycles. The molecule has 1 aromatic heterocycles. The number of ether oxygens (including phenoxy) is 1.